The monoisotopic (exact) mass is 325 g/mol. The lowest BCUT2D eigenvalue weighted by molar-refractivity contribution is 0.303. The fourth-order valence-electron chi connectivity index (χ4n) is 2.48. The van der Waals surface area contributed by atoms with Gasteiger partial charge in [0.2, 0.25) is 10.0 Å². The minimum absolute atomic E-state index is 0.0148. The molecule has 3 heterocycles. The van der Waals surface area contributed by atoms with Crippen molar-refractivity contribution in [1.82, 2.24) is 4.31 Å². The summed E-state index contributed by atoms with van der Waals surface area (Å²) in [5.74, 6) is 0. The van der Waals surface area contributed by atoms with Gasteiger partial charge in [0.05, 0.1) is 36.9 Å². The highest BCUT2D eigenvalue weighted by molar-refractivity contribution is 7.89. The molecule has 0 amide bonds. The molecule has 0 saturated carbocycles. The molecule has 1 aromatic rings. The van der Waals surface area contributed by atoms with Gasteiger partial charge in [0.25, 0.3) is 0 Å². The van der Waals surface area contributed by atoms with Gasteiger partial charge in [0, 0.05) is 13.1 Å². The molecule has 0 aromatic heterocycles. The van der Waals surface area contributed by atoms with E-state index < -0.39 is 10.0 Å². The lowest BCUT2D eigenvalue weighted by Gasteiger charge is -2.21. The first-order valence-corrected chi connectivity index (χ1v) is 8.89. The summed E-state index contributed by atoms with van der Waals surface area (Å²) in [4.78, 5) is 0.308. The van der Waals surface area contributed by atoms with Crippen LogP contribution in [0.25, 0.3) is 0 Å². The van der Waals surface area contributed by atoms with Crippen molar-refractivity contribution < 1.29 is 22.6 Å². The normalized spacial score (nSPS) is 33.0. The van der Waals surface area contributed by atoms with Crippen molar-refractivity contribution in [3.8, 4) is 0 Å². The Labute approximate surface area is 130 Å². The van der Waals surface area contributed by atoms with Crippen LogP contribution in [0.2, 0.25) is 0 Å². The summed E-state index contributed by atoms with van der Waals surface area (Å²) < 4.78 is 43.1. The molecule has 0 aliphatic carbocycles. The largest absolute Gasteiger partial charge is 0.372 e. The summed E-state index contributed by atoms with van der Waals surface area (Å²) in [6.07, 6.45) is 0.0296. The van der Waals surface area contributed by atoms with Crippen LogP contribution in [0, 0.1) is 0 Å². The zero-order chi connectivity index (χ0) is 15.4. The van der Waals surface area contributed by atoms with E-state index in [2.05, 4.69) is 0 Å². The lowest BCUT2D eigenvalue weighted by Crippen LogP contribution is -2.37. The predicted octanol–water partition coefficient (Wildman–Crippen LogP) is 0.720. The van der Waals surface area contributed by atoms with Crippen LogP contribution in [0.3, 0.4) is 0 Å². The molecule has 4 rings (SSSR count). The number of benzene rings is 1. The van der Waals surface area contributed by atoms with Crippen LogP contribution in [0.4, 0.5) is 0 Å². The Morgan fingerprint density at radius 3 is 2.32 bits per heavy atom. The highest BCUT2D eigenvalue weighted by Crippen LogP contribution is 2.38. The van der Waals surface area contributed by atoms with Gasteiger partial charge in [0.15, 0.2) is 0 Å². The zero-order valence-electron chi connectivity index (χ0n) is 12.4. The van der Waals surface area contributed by atoms with E-state index in [1.54, 1.807) is 18.2 Å². The smallest absolute Gasteiger partial charge is 0.243 e. The molecule has 7 heteroatoms. The van der Waals surface area contributed by atoms with Crippen molar-refractivity contribution in [3.63, 3.8) is 0 Å². The van der Waals surface area contributed by atoms with Gasteiger partial charge in [-0.1, -0.05) is 12.1 Å². The first kappa shape index (κ1) is 14.6. The molecule has 120 valence electrons. The van der Waals surface area contributed by atoms with Crippen LogP contribution in [-0.4, -0.2) is 57.8 Å². The Hall–Kier alpha value is -0.990. The van der Waals surface area contributed by atoms with Crippen LogP contribution < -0.4 is 0 Å². The summed E-state index contributed by atoms with van der Waals surface area (Å²) in [6.45, 7) is 4.63. The maximum absolute atomic E-state index is 12.9. The number of hydrogen-bond acceptors (Lipinski definition) is 5. The number of nitrogens with zero attached hydrogens (tertiary/aromatic N) is 1. The topological polar surface area (TPSA) is 75.0 Å². The van der Waals surface area contributed by atoms with E-state index in [0.29, 0.717) is 37.8 Å². The van der Waals surface area contributed by atoms with Crippen molar-refractivity contribution in [2.75, 3.05) is 32.9 Å². The SMILES string of the molecule is CC1(c2cccc(S(=O)(=O)N(CC3CO3)CC3CO3)c2)CO1. The second-order valence-corrected chi connectivity index (χ2v) is 8.22. The maximum atomic E-state index is 12.9. The second kappa shape index (κ2) is 5.01. The van der Waals surface area contributed by atoms with Crippen molar-refractivity contribution >= 4 is 10.0 Å². The molecule has 22 heavy (non-hydrogen) atoms. The molecule has 0 spiro atoms. The Balaban J connectivity index is 1.62. The molecule has 3 aliphatic heterocycles. The second-order valence-electron chi connectivity index (χ2n) is 6.28. The number of hydrogen-bond donors (Lipinski definition) is 0. The molecule has 3 fully saturated rings. The Bertz CT molecular complexity index is 663. The molecule has 1 aromatic carbocycles. The molecule has 3 atom stereocenters. The average molecular weight is 325 g/mol. The Morgan fingerprint density at radius 2 is 1.82 bits per heavy atom. The molecule has 6 nitrogen and oxygen atoms in total. The fourth-order valence-corrected chi connectivity index (χ4v) is 4.03. The van der Waals surface area contributed by atoms with E-state index in [1.165, 1.54) is 4.31 Å². The van der Waals surface area contributed by atoms with Gasteiger partial charge in [-0.15, -0.1) is 0 Å². The molecule has 3 unspecified atom stereocenters. The molecule has 0 N–H and O–H groups in total. The highest BCUT2D eigenvalue weighted by Gasteiger charge is 2.42. The third kappa shape index (κ3) is 2.91. The Morgan fingerprint density at radius 1 is 1.23 bits per heavy atom. The third-order valence-corrected chi connectivity index (χ3v) is 6.11. The zero-order valence-corrected chi connectivity index (χ0v) is 13.2. The van der Waals surface area contributed by atoms with Gasteiger partial charge in [0.1, 0.15) is 5.60 Å². The van der Waals surface area contributed by atoms with Gasteiger partial charge >= 0.3 is 0 Å². The van der Waals surface area contributed by atoms with Crippen LogP contribution >= 0.6 is 0 Å². The predicted molar refractivity (Wildman–Crippen MR) is 78.0 cm³/mol. The first-order valence-electron chi connectivity index (χ1n) is 7.45. The molecular weight excluding hydrogens is 306 g/mol. The van der Waals surface area contributed by atoms with E-state index in [-0.39, 0.29) is 17.8 Å². The third-order valence-electron chi connectivity index (χ3n) is 4.28. The lowest BCUT2D eigenvalue weighted by atomic mass is 10.0. The standard InChI is InChI=1S/C15H19NO5S/c1-15(10-21-15)11-3-2-4-14(5-11)22(17,18)16(6-12-8-19-12)7-13-9-20-13/h2-5,12-13H,6-10H2,1H3. The van der Waals surface area contributed by atoms with Gasteiger partial charge in [-0.2, -0.15) is 4.31 Å². The van der Waals surface area contributed by atoms with Crippen LogP contribution in [0.5, 0.6) is 0 Å². The van der Waals surface area contributed by atoms with Crippen LogP contribution in [-0.2, 0) is 29.8 Å². The first-order chi connectivity index (χ1) is 10.5. The molecular formula is C15H19NO5S. The summed E-state index contributed by atoms with van der Waals surface area (Å²) in [6, 6.07) is 7.04. The summed E-state index contributed by atoms with van der Waals surface area (Å²) >= 11 is 0. The van der Waals surface area contributed by atoms with Gasteiger partial charge in [-0.3, -0.25) is 0 Å². The molecule has 3 saturated heterocycles. The summed E-state index contributed by atoms with van der Waals surface area (Å²) in [5.41, 5.74) is 0.564. The number of epoxide rings is 3. The van der Waals surface area contributed by atoms with E-state index >= 15 is 0 Å². The molecule has 3 aliphatic rings. The highest BCUT2D eigenvalue weighted by atomic mass is 32.2. The van der Waals surface area contributed by atoms with Crippen LogP contribution in [0.1, 0.15) is 12.5 Å². The minimum atomic E-state index is -3.55. The van der Waals surface area contributed by atoms with Crippen molar-refractivity contribution in [3.05, 3.63) is 29.8 Å². The van der Waals surface area contributed by atoms with Gasteiger partial charge < -0.3 is 14.2 Å². The number of rotatable bonds is 7. The van der Waals surface area contributed by atoms with E-state index in [9.17, 15) is 8.42 Å². The van der Waals surface area contributed by atoms with Crippen molar-refractivity contribution in [2.24, 2.45) is 0 Å². The number of sulfonamides is 1. The fraction of sp³-hybridized carbons (Fsp3) is 0.600. The quantitative estimate of drug-likeness (QED) is 0.691. The van der Waals surface area contributed by atoms with Crippen molar-refractivity contribution in [1.29, 1.82) is 0 Å². The van der Waals surface area contributed by atoms with Crippen LogP contribution in [0.15, 0.2) is 29.2 Å². The van der Waals surface area contributed by atoms with Gasteiger partial charge in [-0.05, 0) is 24.6 Å². The van der Waals surface area contributed by atoms with E-state index in [1.807, 2.05) is 13.0 Å². The van der Waals surface area contributed by atoms with E-state index in [0.717, 1.165) is 5.56 Å². The van der Waals surface area contributed by atoms with E-state index in [4.69, 9.17) is 14.2 Å². The maximum Gasteiger partial charge on any atom is 0.243 e. The molecule has 0 bridgehead atoms. The minimum Gasteiger partial charge on any atom is -0.372 e. The summed E-state index contributed by atoms with van der Waals surface area (Å²) in [5, 5.41) is 0. The van der Waals surface area contributed by atoms with Crippen molar-refractivity contribution in [2.45, 2.75) is 29.6 Å². The Kier molecular flexibility index (Phi) is 3.32. The summed E-state index contributed by atoms with van der Waals surface area (Å²) in [7, 11) is -3.55. The molecule has 0 radical (unpaired) electrons. The number of ether oxygens (including phenoxy) is 3. The average Bonchev–Trinajstić information content (AvgIpc) is 3.31. The van der Waals surface area contributed by atoms with Gasteiger partial charge in [-0.25, -0.2) is 8.42 Å².